The van der Waals surface area contributed by atoms with Gasteiger partial charge in [-0.2, -0.15) is 5.10 Å². The van der Waals surface area contributed by atoms with Crippen LogP contribution in [0.3, 0.4) is 0 Å². The fourth-order valence-electron chi connectivity index (χ4n) is 4.00. The summed E-state index contributed by atoms with van der Waals surface area (Å²) < 4.78 is 14.0. The lowest BCUT2D eigenvalue weighted by Crippen LogP contribution is -1.86. The molecule has 154 valence electrons. The van der Waals surface area contributed by atoms with Crippen LogP contribution in [0.2, 0.25) is 0 Å². The van der Waals surface area contributed by atoms with Gasteiger partial charge in [-0.15, -0.1) is 0 Å². The first-order valence-corrected chi connectivity index (χ1v) is 10.0. The standard InChI is InChI=1S/C24H16FN7/c1-13-6-14(8-16(25)7-13)17-2-3-28-23-18(17)10-20(30-23)22-19-9-15(11-29-24(19)32-31-22)21-12-26-4-5-27-21/h2-12H,1H3,(H,28,30)(H,29,31,32). The van der Waals surface area contributed by atoms with Crippen molar-refractivity contribution < 1.29 is 4.39 Å². The molecule has 1 aromatic carbocycles. The lowest BCUT2D eigenvalue weighted by molar-refractivity contribution is 0.627. The highest BCUT2D eigenvalue weighted by Crippen LogP contribution is 2.34. The zero-order valence-electron chi connectivity index (χ0n) is 17.0. The molecular weight excluding hydrogens is 405 g/mol. The fourth-order valence-corrected chi connectivity index (χ4v) is 4.00. The Labute approximate surface area is 181 Å². The predicted octanol–water partition coefficient (Wildman–Crippen LogP) is 5.07. The molecule has 0 spiro atoms. The van der Waals surface area contributed by atoms with Crippen molar-refractivity contribution in [1.29, 1.82) is 0 Å². The van der Waals surface area contributed by atoms with Gasteiger partial charge in [0, 0.05) is 41.1 Å². The van der Waals surface area contributed by atoms with Crippen molar-refractivity contribution >= 4 is 22.1 Å². The number of halogens is 1. The number of aromatic nitrogens is 7. The number of nitrogens with one attached hydrogen (secondary N) is 2. The molecule has 0 unspecified atom stereocenters. The number of fused-ring (bicyclic) bond motifs is 2. The Morgan fingerprint density at radius 2 is 1.78 bits per heavy atom. The Morgan fingerprint density at radius 1 is 0.844 bits per heavy atom. The molecule has 0 aliphatic carbocycles. The number of nitrogens with zero attached hydrogens (tertiary/aromatic N) is 5. The lowest BCUT2D eigenvalue weighted by atomic mass is 10.0. The molecule has 5 aromatic heterocycles. The van der Waals surface area contributed by atoms with E-state index in [4.69, 9.17) is 0 Å². The summed E-state index contributed by atoms with van der Waals surface area (Å²) >= 11 is 0. The van der Waals surface area contributed by atoms with Crippen LogP contribution in [-0.2, 0) is 0 Å². The Kier molecular flexibility index (Phi) is 4.04. The SMILES string of the molecule is Cc1cc(F)cc(-c2ccnc3[nH]c(-c4[nH]nc5ncc(-c6cnccn6)cc45)cc23)c1. The highest BCUT2D eigenvalue weighted by molar-refractivity contribution is 5.99. The molecule has 0 aliphatic heterocycles. The summed E-state index contributed by atoms with van der Waals surface area (Å²) in [6.07, 6.45) is 8.43. The van der Waals surface area contributed by atoms with Crippen LogP contribution < -0.4 is 0 Å². The lowest BCUT2D eigenvalue weighted by Gasteiger charge is -2.05. The molecule has 32 heavy (non-hydrogen) atoms. The van der Waals surface area contributed by atoms with Crippen molar-refractivity contribution in [1.82, 2.24) is 35.1 Å². The average molecular weight is 421 g/mol. The van der Waals surface area contributed by atoms with Gasteiger partial charge in [-0.25, -0.2) is 14.4 Å². The highest BCUT2D eigenvalue weighted by atomic mass is 19.1. The molecule has 7 nitrogen and oxygen atoms in total. The quantitative estimate of drug-likeness (QED) is 0.416. The molecule has 8 heteroatoms. The normalized spacial score (nSPS) is 11.4. The van der Waals surface area contributed by atoms with Gasteiger partial charge < -0.3 is 4.98 Å². The van der Waals surface area contributed by atoms with Gasteiger partial charge in [-0.3, -0.25) is 15.1 Å². The second-order valence-electron chi connectivity index (χ2n) is 7.61. The second kappa shape index (κ2) is 7.05. The largest absolute Gasteiger partial charge is 0.338 e. The van der Waals surface area contributed by atoms with Crippen molar-refractivity contribution in [3.05, 3.63) is 78.8 Å². The first-order valence-electron chi connectivity index (χ1n) is 10.0. The first-order chi connectivity index (χ1) is 15.7. The molecule has 0 atom stereocenters. The second-order valence-corrected chi connectivity index (χ2v) is 7.61. The summed E-state index contributed by atoms with van der Waals surface area (Å²) in [4.78, 5) is 20.8. The molecule has 2 N–H and O–H groups in total. The molecule has 6 aromatic rings. The Bertz CT molecular complexity index is 1580. The van der Waals surface area contributed by atoms with Gasteiger partial charge in [-0.05, 0) is 53.9 Å². The topological polar surface area (TPSA) is 96.0 Å². The van der Waals surface area contributed by atoms with Gasteiger partial charge in [0.05, 0.1) is 23.3 Å². The molecule has 0 amide bonds. The summed E-state index contributed by atoms with van der Waals surface area (Å²) in [5.41, 5.74) is 7.06. The number of H-pyrrole nitrogens is 2. The third-order valence-electron chi connectivity index (χ3n) is 5.42. The number of aromatic amines is 2. The monoisotopic (exact) mass is 421 g/mol. The third-order valence-corrected chi connectivity index (χ3v) is 5.42. The molecule has 0 saturated carbocycles. The zero-order chi connectivity index (χ0) is 21.7. The number of pyridine rings is 2. The van der Waals surface area contributed by atoms with Crippen molar-refractivity contribution in [3.8, 4) is 33.8 Å². The average Bonchev–Trinajstić information content (AvgIpc) is 3.42. The smallest absolute Gasteiger partial charge is 0.181 e. The van der Waals surface area contributed by atoms with E-state index in [0.29, 0.717) is 11.3 Å². The van der Waals surface area contributed by atoms with Crippen LogP contribution in [-0.4, -0.2) is 35.1 Å². The van der Waals surface area contributed by atoms with Crippen LogP contribution in [0.4, 0.5) is 4.39 Å². The summed E-state index contributed by atoms with van der Waals surface area (Å²) in [7, 11) is 0. The van der Waals surface area contributed by atoms with Crippen molar-refractivity contribution in [2.75, 3.05) is 0 Å². The molecule has 5 heterocycles. The van der Waals surface area contributed by atoms with Crippen LogP contribution in [0, 0.1) is 12.7 Å². The highest BCUT2D eigenvalue weighted by Gasteiger charge is 2.15. The molecular formula is C24H16FN7. The van der Waals surface area contributed by atoms with Crippen molar-refractivity contribution in [2.24, 2.45) is 0 Å². The van der Waals surface area contributed by atoms with Gasteiger partial charge >= 0.3 is 0 Å². The number of hydrogen-bond donors (Lipinski definition) is 2. The van der Waals surface area contributed by atoms with Gasteiger partial charge in [0.25, 0.3) is 0 Å². The summed E-state index contributed by atoms with van der Waals surface area (Å²) in [5.74, 6) is -0.261. The van der Waals surface area contributed by atoms with Gasteiger partial charge in [0.15, 0.2) is 5.65 Å². The van der Waals surface area contributed by atoms with Crippen LogP contribution in [0.5, 0.6) is 0 Å². The molecule has 0 aliphatic rings. The number of rotatable bonds is 3. The van der Waals surface area contributed by atoms with E-state index in [1.54, 1.807) is 31.0 Å². The summed E-state index contributed by atoms with van der Waals surface area (Å²) in [6.45, 7) is 1.88. The molecule has 0 fully saturated rings. The van der Waals surface area contributed by atoms with Crippen molar-refractivity contribution in [2.45, 2.75) is 6.92 Å². The van der Waals surface area contributed by atoms with E-state index in [1.807, 2.05) is 31.2 Å². The Hall–Kier alpha value is -4.46. The first kappa shape index (κ1) is 18.3. The van der Waals surface area contributed by atoms with Crippen LogP contribution in [0.15, 0.2) is 67.4 Å². The van der Waals surface area contributed by atoms with Crippen LogP contribution in [0.25, 0.3) is 55.8 Å². The minimum atomic E-state index is -0.261. The van der Waals surface area contributed by atoms with Crippen LogP contribution >= 0.6 is 0 Å². The number of benzene rings is 1. The predicted molar refractivity (Wildman–Crippen MR) is 120 cm³/mol. The maximum atomic E-state index is 14.0. The van der Waals surface area contributed by atoms with E-state index in [2.05, 4.69) is 35.1 Å². The molecule has 0 radical (unpaired) electrons. The number of aryl methyl sites for hydroxylation is 1. The maximum Gasteiger partial charge on any atom is 0.181 e. The van der Waals surface area contributed by atoms with E-state index in [0.717, 1.165) is 50.1 Å². The zero-order valence-corrected chi connectivity index (χ0v) is 17.0. The Morgan fingerprint density at radius 3 is 2.62 bits per heavy atom. The van der Waals surface area contributed by atoms with E-state index in [-0.39, 0.29) is 5.82 Å². The fraction of sp³-hybridized carbons (Fsp3) is 0.0417. The summed E-state index contributed by atoms with van der Waals surface area (Å²) in [5, 5.41) is 9.17. The number of hydrogen-bond acceptors (Lipinski definition) is 5. The minimum absolute atomic E-state index is 0.261. The minimum Gasteiger partial charge on any atom is -0.338 e. The third kappa shape index (κ3) is 3.01. The Balaban J connectivity index is 1.52. The van der Waals surface area contributed by atoms with Crippen molar-refractivity contribution in [3.63, 3.8) is 0 Å². The van der Waals surface area contributed by atoms with Gasteiger partial charge in [-0.1, -0.05) is 6.07 Å². The molecule has 0 bridgehead atoms. The van der Waals surface area contributed by atoms with E-state index < -0.39 is 0 Å². The molecule has 6 rings (SSSR count). The van der Waals surface area contributed by atoms with Gasteiger partial charge in [0.1, 0.15) is 11.5 Å². The van der Waals surface area contributed by atoms with Crippen LogP contribution in [0.1, 0.15) is 5.56 Å². The molecule has 0 saturated heterocycles. The van der Waals surface area contributed by atoms with E-state index in [9.17, 15) is 4.39 Å². The van der Waals surface area contributed by atoms with Gasteiger partial charge in [0.2, 0.25) is 0 Å². The van der Waals surface area contributed by atoms with E-state index in [1.165, 1.54) is 12.1 Å². The van der Waals surface area contributed by atoms with E-state index >= 15 is 0 Å². The summed E-state index contributed by atoms with van der Waals surface area (Å²) in [6, 6.07) is 10.9. The maximum absolute atomic E-state index is 14.0.